The van der Waals surface area contributed by atoms with Gasteiger partial charge in [-0.15, -0.1) is 0 Å². The van der Waals surface area contributed by atoms with Crippen LogP contribution in [-0.2, 0) is 27.2 Å². The van der Waals surface area contributed by atoms with E-state index in [0.29, 0.717) is 18.3 Å². The highest BCUT2D eigenvalue weighted by Gasteiger charge is 2.30. The Labute approximate surface area is 119 Å². The molecule has 3 fully saturated rings. The number of hydrogen-bond acceptors (Lipinski definition) is 4. The minimum Gasteiger partial charge on any atom is -0.373 e. The zero-order valence-corrected chi connectivity index (χ0v) is 11.7. The molecule has 0 spiro atoms. The zero-order valence-electron chi connectivity index (χ0n) is 11.7. The lowest BCUT2D eigenvalue weighted by atomic mass is 10.1. The minimum absolute atomic E-state index is 0.444. The van der Waals surface area contributed by atoms with Crippen molar-refractivity contribution in [2.24, 2.45) is 0 Å². The number of benzene rings is 1. The van der Waals surface area contributed by atoms with Crippen molar-refractivity contribution in [3.05, 3.63) is 35.4 Å². The van der Waals surface area contributed by atoms with Crippen LogP contribution in [0.4, 0.5) is 0 Å². The lowest BCUT2D eigenvalue weighted by Gasteiger charge is -2.20. The second-order valence-corrected chi connectivity index (χ2v) is 6.08. The summed E-state index contributed by atoms with van der Waals surface area (Å²) in [5.41, 5.74) is 2.74. The summed E-state index contributed by atoms with van der Waals surface area (Å²) in [5, 5.41) is 0. The third-order valence-electron chi connectivity index (χ3n) is 4.02. The van der Waals surface area contributed by atoms with E-state index in [1.807, 2.05) is 0 Å². The van der Waals surface area contributed by atoms with Gasteiger partial charge in [0.05, 0.1) is 38.1 Å². The van der Waals surface area contributed by atoms with Crippen LogP contribution >= 0.6 is 0 Å². The van der Waals surface area contributed by atoms with Crippen LogP contribution in [0.15, 0.2) is 24.3 Å². The molecule has 3 aliphatic rings. The second-order valence-electron chi connectivity index (χ2n) is 6.08. The van der Waals surface area contributed by atoms with Crippen molar-refractivity contribution in [2.45, 2.75) is 31.3 Å². The van der Waals surface area contributed by atoms with Crippen molar-refractivity contribution in [1.82, 2.24) is 4.90 Å². The molecule has 1 aromatic rings. The molecule has 4 heteroatoms. The van der Waals surface area contributed by atoms with Gasteiger partial charge >= 0.3 is 0 Å². The molecule has 3 heterocycles. The van der Waals surface area contributed by atoms with Gasteiger partial charge < -0.3 is 14.2 Å². The maximum Gasteiger partial charge on any atom is 0.0936 e. The van der Waals surface area contributed by atoms with E-state index in [4.69, 9.17) is 14.2 Å². The van der Waals surface area contributed by atoms with Crippen molar-refractivity contribution in [2.75, 3.05) is 32.9 Å². The average Bonchev–Trinajstić information content (AvgIpc) is 3.26. The topological polar surface area (TPSA) is 40.8 Å². The van der Waals surface area contributed by atoms with E-state index in [1.54, 1.807) is 0 Å². The SMILES string of the molecule is c1cc(CN(CC2CO2)CC2CO2)ccc1CC1CO1. The molecule has 4 rings (SSSR count). The highest BCUT2D eigenvalue weighted by molar-refractivity contribution is 5.23. The number of rotatable bonds is 8. The Bertz CT molecular complexity index is 435. The normalized spacial score (nSPS) is 30.6. The Morgan fingerprint density at radius 1 is 0.800 bits per heavy atom. The van der Waals surface area contributed by atoms with Crippen molar-refractivity contribution in [1.29, 1.82) is 0 Å². The van der Waals surface area contributed by atoms with Crippen LogP contribution in [0, 0.1) is 0 Å². The molecule has 1 aromatic carbocycles. The maximum absolute atomic E-state index is 5.35. The molecule has 0 radical (unpaired) electrons. The van der Waals surface area contributed by atoms with E-state index in [9.17, 15) is 0 Å². The van der Waals surface area contributed by atoms with Crippen LogP contribution in [0.3, 0.4) is 0 Å². The zero-order chi connectivity index (χ0) is 13.4. The second kappa shape index (κ2) is 5.45. The van der Waals surface area contributed by atoms with Crippen molar-refractivity contribution in [3.63, 3.8) is 0 Å². The largest absolute Gasteiger partial charge is 0.373 e. The van der Waals surface area contributed by atoms with Gasteiger partial charge in [0.1, 0.15) is 0 Å². The van der Waals surface area contributed by atoms with Gasteiger partial charge in [0.2, 0.25) is 0 Å². The maximum atomic E-state index is 5.35. The fourth-order valence-corrected chi connectivity index (χ4v) is 2.61. The van der Waals surface area contributed by atoms with Crippen molar-refractivity contribution in [3.8, 4) is 0 Å². The van der Waals surface area contributed by atoms with Crippen LogP contribution in [-0.4, -0.2) is 56.1 Å². The van der Waals surface area contributed by atoms with E-state index in [0.717, 1.165) is 45.9 Å². The molecule has 0 aromatic heterocycles. The number of epoxide rings is 3. The molecule has 3 saturated heterocycles. The molecule has 20 heavy (non-hydrogen) atoms. The van der Waals surface area contributed by atoms with E-state index in [2.05, 4.69) is 29.2 Å². The van der Waals surface area contributed by atoms with Gasteiger partial charge in [0.15, 0.2) is 0 Å². The number of nitrogens with zero attached hydrogens (tertiary/aromatic N) is 1. The first-order valence-electron chi connectivity index (χ1n) is 7.50. The van der Waals surface area contributed by atoms with E-state index < -0.39 is 0 Å². The average molecular weight is 275 g/mol. The van der Waals surface area contributed by atoms with E-state index in [-0.39, 0.29) is 0 Å². The molecule has 3 unspecified atom stereocenters. The molecule has 0 aliphatic carbocycles. The van der Waals surface area contributed by atoms with Gasteiger partial charge in [-0.25, -0.2) is 0 Å². The van der Waals surface area contributed by atoms with Crippen LogP contribution in [0.25, 0.3) is 0 Å². The third kappa shape index (κ3) is 3.79. The fourth-order valence-electron chi connectivity index (χ4n) is 2.61. The van der Waals surface area contributed by atoms with Crippen LogP contribution < -0.4 is 0 Å². The Morgan fingerprint density at radius 2 is 1.30 bits per heavy atom. The fraction of sp³-hybridized carbons (Fsp3) is 0.625. The van der Waals surface area contributed by atoms with E-state index in [1.165, 1.54) is 11.1 Å². The monoisotopic (exact) mass is 275 g/mol. The summed E-state index contributed by atoms with van der Waals surface area (Å²) in [6, 6.07) is 8.95. The van der Waals surface area contributed by atoms with Gasteiger partial charge in [-0.3, -0.25) is 4.90 Å². The molecule has 0 saturated carbocycles. The summed E-state index contributed by atoms with van der Waals surface area (Å²) in [4.78, 5) is 2.45. The number of ether oxygens (including phenoxy) is 3. The molecule has 0 bridgehead atoms. The molecule has 3 aliphatic heterocycles. The van der Waals surface area contributed by atoms with Crippen LogP contribution in [0.5, 0.6) is 0 Å². The van der Waals surface area contributed by atoms with Gasteiger partial charge in [-0.2, -0.15) is 0 Å². The minimum atomic E-state index is 0.444. The summed E-state index contributed by atoms with van der Waals surface area (Å²) >= 11 is 0. The predicted molar refractivity (Wildman–Crippen MR) is 74.6 cm³/mol. The first-order valence-corrected chi connectivity index (χ1v) is 7.50. The summed E-state index contributed by atoms with van der Waals surface area (Å²) in [6.07, 6.45) is 2.41. The summed E-state index contributed by atoms with van der Waals surface area (Å²) in [7, 11) is 0. The van der Waals surface area contributed by atoms with Crippen LogP contribution in [0.1, 0.15) is 11.1 Å². The van der Waals surface area contributed by atoms with Gasteiger partial charge in [-0.05, 0) is 11.1 Å². The third-order valence-corrected chi connectivity index (χ3v) is 4.02. The van der Waals surface area contributed by atoms with Gasteiger partial charge in [0.25, 0.3) is 0 Å². The van der Waals surface area contributed by atoms with Crippen molar-refractivity contribution < 1.29 is 14.2 Å². The highest BCUT2D eigenvalue weighted by atomic mass is 16.6. The quantitative estimate of drug-likeness (QED) is 0.669. The first-order chi connectivity index (χ1) is 9.85. The lowest BCUT2D eigenvalue weighted by Crippen LogP contribution is -2.31. The first kappa shape index (κ1) is 12.8. The summed E-state index contributed by atoms with van der Waals surface area (Å²) in [5.74, 6) is 0. The van der Waals surface area contributed by atoms with Crippen molar-refractivity contribution >= 4 is 0 Å². The summed E-state index contributed by atoms with van der Waals surface area (Å²) < 4.78 is 16.0. The molecule has 3 atom stereocenters. The Kier molecular flexibility index (Phi) is 3.48. The Balaban J connectivity index is 1.34. The summed E-state index contributed by atoms with van der Waals surface area (Å²) in [6.45, 7) is 5.80. The lowest BCUT2D eigenvalue weighted by molar-refractivity contribution is 0.213. The van der Waals surface area contributed by atoms with Gasteiger partial charge in [-0.1, -0.05) is 24.3 Å². The van der Waals surface area contributed by atoms with Crippen LogP contribution in [0.2, 0.25) is 0 Å². The molecular formula is C16H21NO3. The molecule has 0 N–H and O–H groups in total. The predicted octanol–water partition coefficient (Wildman–Crippen LogP) is 1.23. The number of hydrogen-bond donors (Lipinski definition) is 0. The van der Waals surface area contributed by atoms with E-state index >= 15 is 0 Å². The Morgan fingerprint density at radius 3 is 1.80 bits per heavy atom. The Hall–Kier alpha value is -0.940. The molecule has 108 valence electrons. The standard InChI is InChI=1S/C16H21NO3/c1-3-13(4-2-12(1)5-14-9-18-14)6-17(7-15-10-19-15)8-16-11-20-16/h1-4,14-16H,5-11H2. The molecule has 0 amide bonds. The molecule has 4 nitrogen and oxygen atoms in total. The highest BCUT2D eigenvalue weighted by Crippen LogP contribution is 2.20. The smallest absolute Gasteiger partial charge is 0.0936 e. The van der Waals surface area contributed by atoms with Gasteiger partial charge in [0, 0.05) is 26.1 Å². The molecular weight excluding hydrogens is 254 g/mol.